The van der Waals surface area contributed by atoms with Crippen LogP contribution in [0.4, 0.5) is 0 Å². The van der Waals surface area contributed by atoms with E-state index in [0.717, 1.165) is 0 Å². The van der Waals surface area contributed by atoms with Crippen LogP contribution in [0.3, 0.4) is 0 Å². The molecule has 1 aromatic heterocycles. The van der Waals surface area contributed by atoms with Crippen LogP contribution in [0, 0.1) is 0 Å². The molecule has 0 spiro atoms. The molecule has 0 unspecified atom stereocenters. The van der Waals surface area contributed by atoms with E-state index >= 15 is 0 Å². The highest BCUT2D eigenvalue weighted by Gasteiger charge is 2.36. The standard InChI is InChI=1S/C37H26S/c1-37(2)33-21-26(25-15-14-23-8-3-4-9-24(23)20-25)16-18-29(33)30-19-17-27(22-34(30)37)28-11-7-12-32-31-10-5-6-13-35(31)38-36(28)32/h3-22H,1-2H3. The molecule has 0 aliphatic heterocycles. The maximum Gasteiger partial charge on any atom is 0.0433 e. The van der Waals surface area contributed by atoms with Crippen LogP contribution in [0.2, 0.25) is 0 Å². The Morgan fingerprint density at radius 2 is 1.11 bits per heavy atom. The first kappa shape index (κ1) is 21.8. The van der Waals surface area contributed by atoms with E-state index in [2.05, 4.69) is 135 Å². The predicted molar refractivity (Wildman–Crippen MR) is 165 cm³/mol. The van der Waals surface area contributed by atoms with Crippen LogP contribution in [0.25, 0.3) is 64.3 Å². The van der Waals surface area contributed by atoms with Gasteiger partial charge >= 0.3 is 0 Å². The highest BCUT2D eigenvalue weighted by Crippen LogP contribution is 2.51. The van der Waals surface area contributed by atoms with Gasteiger partial charge in [0.2, 0.25) is 0 Å². The summed E-state index contributed by atoms with van der Waals surface area (Å²) in [5, 5.41) is 5.27. The Morgan fingerprint density at radius 1 is 0.474 bits per heavy atom. The monoisotopic (exact) mass is 502 g/mol. The second-order valence-corrected chi connectivity index (χ2v) is 12.0. The Hall–Kier alpha value is -4.20. The van der Waals surface area contributed by atoms with Gasteiger partial charge in [-0.1, -0.05) is 111 Å². The maximum absolute atomic E-state index is 2.45. The molecule has 0 amide bonds. The number of hydrogen-bond donors (Lipinski definition) is 0. The quantitative estimate of drug-likeness (QED) is 0.220. The lowest BCUT2D eigenvalue weighted by molar-refractivity contribution is 0.661. The molecule has 8 rings (SSSR count). The van der Waals surface area contributed by atoms with Gasteiger partial charge in [0.25, 0.3) is 0 Å². The van der Waals surface area contributed by atoms with Crippen molar-refractivity contribution in [3.05, 3.63) is 132 Å². The Kier molecular flexibility index (Phi) is 4.54. The second kappa shape index (κ2) is 7.90. The van der Waals surface area contributed by atoms with Crippen LogP contribution in [0.5, 0.6) is 0 Å². The Balaban J connectivity index is 1.25. The third-order valence-corrected chi connectivity index (χ3v) is 9.69. The van der Waals surface area contributed by atoms with Crippen molar-refractivity contribution in [2.24, 2.45) is 0 Å². The average molecular weight is 503 g/mol. The Bertz CT molecular complexity index is 2050. The highest BCUT2D eigenvalue weighted by atomic mass is 32.1. The average Bonchev–Trinajstić information content (AvgIpc) is 3.45. The lowest BCUT2D eigenvalue weighted by Crippen LogP contribution is -2.15. The Morgan fingerprint density at radius 3 is 1.95 bits per heavy atom. The van der Waals surface area contributed by atoms with E-state index in [1.165, 1.54) is 75.5 Å². The Labute approximate surface area is 226 Å². The lowest BCUT2D eigenvalue weighted by atomic mass is 9.80. The third-order valence-electron chi connectivity index (χ3n) is 8.47. The number of benzene rings is 6. The van der Waals surface area contributed by atoms with Crippen LogP contribution in [0.15, 0.2) is 121 Å². The fourth-order valence-electron chi connectivity index (χ4n) is 6.43. The van der Waals surface area contributed by atoms with Crippen LogP contribution >= 0.6 is 11.3 Å². The number of rotatable bonds is 2. The molecule has 1 aliphatic rings. The normalized spacial score (nSPS) is 13.7. The summed E-state index contributed by atoms with van der Waals surface area (Å²) in [7, 11) is 0. The van der Waals surface area contributed by atoms with Crippen LogP contribution in [0.1, 0.15) is 25.0 Å². The van der Waals surface area contributed by atoms with Gasteiger partial charge in [-0.25, -0.2) is 0 Å². The minimum atomic E-state index is -0.0679. The van der Waals surface area contributed by atoms with Gasteiger partial charge in [-0.3, -0.25) is 0 Å². The molecule has 1 aliphatic carbocycles. The molecule has 0 radical (unpaired) electrons. The molecule has 0 bridgehead atoms. The zero-order valence-corrected chi connectivity index (χ0v) is 22.3. The molecule has 7 aromatic rings. The summed E-state index contributed by atoms with van der Waals surface area (Å²) in [6.45, 7) is 4.76. The first-order chi connectivity index (χ1) is 18.6. The lowest BCUT2D eigenvalue weighted by Gasteiger charge is -2.23. The van der Waals surface area contributed by atoms with Crippen molar-refractivity contribution < 1.29 is 0 Å². The van der Waals surface area contributed by atoms with Crippen molar-refractivity contribution in [3.8, 4) is 33.4 Å². The molecule has 0 atom stereocenters. The summed E-state index contributed by atoms with van der Waals surface area (Å²) < 4.78 is 2.73. The summed E-state index contributed by atoms with van der Waals surface area (Å²) in [6, 6.07) is 45.1. The highest BCUT2D eigenvalue weighted by molar-refractivity contribution is 7.26. The molecule has 6 aromatic carbocycles. The molecule has 38 heavy (non-hydrogen) atoms. The maximum atomic E-state index is 2.45. The van der Waals surface area contributed by atoms with Gasteiger partial charge in [-0.05, 0) is 79.5 Å². The first-order valence-corrected chi connectivity index (χ1v) is 14.1. The van der Waals surface area contributed by atoms with Crippen molar-refractivity contribution >= 4 is 42.3 Å². The van der Waals surface area contributed by atoms with E-state index < -0.39 is 0 Å². The minimum Gasteiger partial charge on any atom is -0.135 e. The summed E-state index contributed by atoms with van der Waals surface area (Å²) in [6.07, 6.45) is 0. The van der Waals surface area contributed by atoms with Gasteiger partial charge in [0.1, 0.15) is 0 Å². The largest absolute Gasteiger partial charge is 0.135 e. The molecule has 180 valence electrons. The van der Waals surface area contributed by atoms with Crippen molar-refractivity contribution in [2.45, 2.75) is 19.3 Å². The summed E-state index contributed by atoms with van der Waals surface area (Å²) in [5.74, 6) is 0. The number of fused-ring (bicyclic) bond motifs is 7. The third kappa shape index (κ3) is 3.09. The summed E-state index contributed by atoms with van der Waals surface area (Å²) in [4.78, 5) is 0. The van der Waals surface area contributed by atoms with Crippen LogP contribution < -0.4 is 0 Å². The SMILES string of the molecule is CC1(C)c2cc(-c3ccc4ccccc4c3)ccc2-c2ccc(-c3cccc4c3sc3ccccc34)cc21. The number of hydrogen-bond acceptors (Lipinski definition) is 1. The zero-order valence-electron chi connectivity index (χ0n) is 21.5. The van der Waals surface area contributed by atoms with E-state index in [1.807, 2.05) is 11.3 Å². The number of thiophene rings is 1. The minimum absolute atomic E-state index is 0.0679. The van der Waals surface area contributed by atoms with E-state index in [9.17, 15) is 0 Å². The van der Waals surface area contributed by atoms with Crippen LogP contribution in [-0.4, -0.2) is 0 Å². The topological polar surface area (TPSA) is 0 Å². The smallest absolute Gasteiger partial charge is 0.0433 e. The summed E-state index contributed by atoms with van der Waals surface area (Å²) >= 11 is 1.90. The van der Waals surface area contributed by atoms with Crippen molar-refractivity contribution in [1.82, 2.24) is 0 Å². The van der Waals surface area contributed by atoms with Gasteiger partial charge in [-0.15, -0.1) is 11.3 Å². The predicted octanol–water partition coefficient (Wildman–Crippen LogP) is 10.8. The fraction of sp³-hybridized carbons (Fsp3) is 0.0811. The second-order valence-electron chi connectivity index (χ2n) is 11.0. The molecular weight excluding hydrogens is 476 g/mol. The van der Waals surface area contributed by atoms with Crippen LogP contribution in [-0.2, 0) is 5.41 Å². The molecule has 0 N–H and O–H groups in total. The van der Waals surface area contributed by atoms with Crippen molar-refractivity contribution in [2.75, 3.05) is 0 Å². The molecule has 1 heterocycles. The molecule has 0 saturated carbocycles. The van der Waals surface area contributed by atoms with Gasteiger partial charge in [0.15, 0.2) is 0 Å². The van der Waals surface area contributed by atoms with E-state index in [4.69, 9.17) is 0 Å². The van der Waals surface area contributed by atoms with E-state index in [0.29, 0.717) is 0 Å². The van der Waals surface area contributed by atoms with Gasteiger partial charge in [0, 0.05) is 25.6 Å². The molecule has 0 saturated heterocycles. The van der Waals surface area contributed by atoms with E-state index in [1.54, 1.807) is 0 Å². The molecule has 0 fully saturated rings. The molecule has 1 heteroatoms. The van der Waals surface area contributed by atoms with Crippen molar-refractivity contribution in [3.63, 3.8) is 0 Å². The van der Waals surface area contributed by atoms with Gasteiger partial charge in [-0.2, -0.15) is 0 Å². The first-order valence-electron chi connectivity index (χ1n) is 13.3. The van der Waals surface area contributed by atoms with E-state index in [-0.39, 0.29) is 5.41 Å². The fourth-order valence-corrected chi connectivity index (χ4v) is 7.67. The summed E-state index contributed by atoms with van der Waals surface area (Å²) in [5.41, 5.74) is 10.7. The van der Waals surface area contributed by atoms with Gasteiger partial charge in [0.05, 0.1) is 0 Å². The molecular formula is C37H26S. The molecule has 0 nitrogen and oxygen atoms in total. The van der Waals surface area contributed by atoms with Crippen molar-refractivity contribution in [1.29, 1.82) is 0 Å². The zero-order chi connectivity index (χ0) is 25.4. The van der Waals surface area contributed by atoms with Gasteiger partial charge < -0.3 is 0 Å².